The average molecular weight is 953 g/mol. The minimum absolute atomic E-state index is 1.23. The van der Waals surface area contributed by atoms with Crippen molar-refractivity contribution in [3.63, 3.8) is 0 Å². The highest BCUT2D eigenvalue weighted by atomic mass is 14.3. The number of rotatable bonds is 4. The predicted molar refractivity (Wildman–Crippen MR) is 329 cm³/mol. The van der Waals surface area contributed by atoms with E-state index in [0.717, 1.165) is 0 Å². The van der Waals surface area contributed by atoms with Gasteiger partial charge < -0.3 is 0 Å². The van der Waals surface area contributed by atoms with E-state index in [9.17, 15) is 0 Å². The molecule has 0 spiro atoms. The number of hydrogen-bond donors (Lipinski definition) is 0. The summed E-state index contributed by atoms with van der Waals surface area (Å²) in [5.41, 5.74) is 10.1. The Bertz CT molecular complexity index is 5290. The molecule has 0 saturated carbocycles. The van der Waals surface area contributed by atoms with Crippen LogP contribution in [0.5, 0.6) is 0 Å². The first kappa shape index (κ1) is 39.6. The van der Waals surface area contributed by atoms with Gasteiger partial charge in [0.1, 0.15) is 0 Å². The van der Waals surface area contributed by atoms with Crippen molar-refractivity contribution in [1.29, 1.82) is 0 Å². The van der Waals surface area contributed by atoms with Gasteiger partial charge in [-0.2, -0.15) is 0 Å². The molecule has 0 aliphatic rings. The summed E-state index contributed by atoms with van der Waals surface area (Å²) >= 11 is 0. The molecule has 0 heteroatoms. The summed E-state index contributed by atoms with van der Waals surface area (Å²) < 4.78 is 0. The molecular formula is C76H40. The lowest BCUT2D eigenvalue weighted by molar-refractivity contribution is 1.61. The van der Waals surface area contributed by atoms with Crippen molar-refractivity contribution in [2.45, 2.75) is 0 Å². The van der Waals surface area contributed by atoms with Crippen LogP contribution in [-0.2, 0) is 0 Å². The predicted octanol–water partition coefficient (Wildman–Crippen LogP) is 21.7. The van der Waals surface area contributed by atoms with Gasteiger partial charge in [-0.15, -0.1) is 0 Å². The van der Waals surface area contributed by atoms with Crippen LogP contribution in [0, 0.1) is 0 Å². The van der Waals surface area contributed by atoms with Gasteiger partial charge in [0.15, 0.2) is 0 Å². The topological polar surface area (TPSA) is 0 Å². The molecule has 0 fully saturated rings. The summed E-state index contributed by atoms with van der Waals surface area (Å²) in [6, 6.07) is 92.3. The molecule has 0 bridgehead atoms. The van der Waals surface area contributed by atoms with Crippen LogP contribution in [0.25, 0.3) is 195 Å². The van der Waals surface area contributed by atoms with Crippen molar-refractivity contribution in [3.8, 4) is 44.5 Å². The third kappa shape index (κ3) is 4.66. The second-order valence-electron chi connectivity index (χ2n) is 21.5. The smallest absolute Gasteiger partial charge is 0.000696 e. The molecule has 0 aliphatic heterocycles. The van der Waals surface area contributed by atoms with E-state index in [1.165, 1.54) is 195 Å². The number of hydrogen-bond acceptors (Lipinski definition) is 0. The molecule has 19 aromatic carbocycles. The highest BCUT2D eigenvalue weighted by Gasteiger charge is 2.30. The van der Waals surface area contributed by atoms with Crippen molar-refractivity contribution in [1.82, 2.24) is 0 Å². The molecule has 0 atom stereocenters. The first-order chi connectivity index (χ1) is 37.8. The fourth-order valence-corrected chi connectivity index (χ4v) is 15.4. The quantitative estimate of drug-likeness (QED) is 0.122. The van der Waals surface area contributed by atoms with Gasteiger partial charge in [0.2, 0.25) is 0 Å². The zero-order chi connectivity index (χ0) is 49.1. The van der Waals surface area contributed by atoms with Gasteiger partial charge in [0, 0.05) is 0 Å². The Morgan fingerprint density at radius 2 is 0.355 bits per heavy atom. The molecule has 0 N–H and O–H groups in total. The van der Waals surface area contributed by atoms with Crippen LogP contribution in [0.1, 0.15) is 0 Å². The standard InChI is InChI=1S/C76H40/c1-3-17-41(18-4-1)43-21-7-11-25-47(43)65-57-31-15-29-49-45-23-9-13-27-51(45)71(67(49)57)75-61-39-35-55-54-34-38-60-70-62(40-36-56(64(54)70)53-33-37-59(73(65)75)69(61)63(53)55)76-72-52-28-14-10-24-46(52)50-30-16-32-58(68(50)72)66(74(60)76)48-26-12-8-22-44(48)42-19-5-2-6-20-42/h1-40H. The van der Waals surface area contributed by atoms with Crippen LogP contribution in [0.3, 0.4) is 0 Å². The van der Waals surface area contributed by atoms with Crippen LogP contribution in [0.2, 0.25) is 0 Å². The molecule has 19 aromatic rings. The third-order valence-electron chi connectivity index (χ3n) is 18.2. The van der Waals surface area contributed by atoms with Crippen molar-refractivity contribution < 1.29 is 0 Å². The van der Waals surface area contributed by atoms with Crippen molar-refractivity contribution >= 4 is 151 Å². The van der Waals surface area contributed by atoms with E-state index in [2.05, 4.69) is 243 Å². The summed E-state index contributed by atoms with van der Waals surface area (Å²) in [4.78, 5) is 0. The maximum atomic E-state index is 2.49. The molecule has 0 amide bonds. The van der Waals surface area contributed by atoms with Gasteiger partial charge in [-0.3, -0.25) is 0 Å². The molecule has 76 heavy (non-hydrogen) atoms. The fraction of sp³-hybridized carbons (Fsp3) is 0. The normalized spacial score (nSPS) is 12.7. The first-order valence-corrected chi connectivity index (χ1v) is 26.8. The Morgan fingerprint density at radius 3 is 0.763 bits per heavy atom. The Hall–Kier alpha value is -9.88. The average Bonchev–Trinajstić information content (AvgIpc) is 4.30. The Labute approximate surface area is 435 Å². The zero-order valence-corrected chi connectivity index (χ0v) is 41.1. The van der Waals surface area contributed by atoms with Gasteiger partial charge in [0.25, 0.3) is 0 Å². The minimum Gasteiger partial charge on any atom is -0.0622 e. The van der Waals surface area contributed by atoms with Gasteiger partial charge >= 0.3 is 0 Å². The molecule has 0 aliphatic carbocycles. The number of benzene rings is 15. The summed E-state index contributed by atoms with van der Waals surface area (Å²) in [5, 5.41) is 37.5. The highest BCUT2D eigenvalue weighted by molar-refractivity contribution is 6.54. The van der Waals surface area contributed by atoms with E-state index < -0.39 is 0 Å². The largest absolute Gasteiger partial charge is 0.0622 e. The SMILES string of the molecule is c1ccc(-c2ccccc2-c2c3cccc4c5ccccc5c(c34)c3c4ccc5c6ccc7c8c(-c9ccccc9-c9ccccc9)c9cccc%10c%11ccccc%11c(c9%10)c8c8ccc(c9ccc(c23)c4c95)c6c78)cc1. The van der Waals surface area contributed by atoms with Gasteiger partial charge in [-0.25, -0.2) is 0 Å². The zero-order valence-electron chi connectivity index (χ0n) is 41.1. The van der Waals surface area contributed by atoms with Gasteiger partial charge in [-0.05, 0) is 195 Å². The maximum absolute atomic E-state index is 2.49. The molecule has 19 rings (SSSR count). The lowest BCUT2D eigenvalue weighted by Crippen LogP contribution is -1.89. The Kier molecular flexibility index (Phi) is 7.32. The maximum Gasteiger partial charge on any atom is -0.000696 e. The molecule has 0 aromatic heterocycles. The van der Waals surface area contributed by atoms with Crippen LogP contribution in [-0.4, -0.2) is 0 Å². The van der Waals surface area contributed by atoms with E-state index in [1.54, 1.807) is 0 Å². The van der Waals surface area contributed by atoms with Crippen LogP contribution >= 0.6 is 0 Å². The summed E-state index contributed by atoms with van der Waals surface area (Å²) in [6.07, 6.45) is 0. The van der Waals surface area contributed by atoms with Crippen molar-refractivity contribution in [2.24, 2.45) is 0 Å². The molecule has 0 saturated heterocycles. The van der Waals surface area contributed by atoms with E-state index in [4.69, 9.17) is 0 Å². The van der Waals surface area contributed by atoms with E-state index >= 15 is 0 Å². The van der Waals surface area contributed by atoms with Crippen molar-refractivity contribution in [3.05, 3.63) is 243 Å². The van der Waals surface area contributed by atoms with Crippen LogP contribution in [0.15, 0.2) is 243 Å². The first-order valence-electron chi connectivity index (χ1n) is 26.8. The molecule has 0 heterocycles. The molecule has 0 nitrogen and oxygen atoms in total. The number of fused-ring (bicyclic) bond motifs is 16. The second kappa shape index (κ2) is 14.0. The lowest BCUT2D eigenvalue weighted by Gasteiger charge is -2.16. The monoisotopic (exact) mass is 952 g/mol. The Morgan fingerprint density at radius 1 is 0.118 bits per heavy atom. The fourth-order valence-electron chi connectivity index (χ4n) is 15.4. The lowest BCUT2D eigenvalue weighted by atomic mass is 9.86. The summed E-state index contributed by atoms with van der Waals surface area (Å²) in [7, 11) is 0. The summed E-state index contributed by atoms with van der Waals surface area (Å²) in [5.74, 6) is 0. The Balaban J connectivity index is 0.997. The van der Waals surface area contributed by atoms with E-state index in [-0.39, 0.29) is 0 Å². The van der Waals surface area contributed by atoms with Gasteiger partial charge in [-0.1, -0.05) is 243 Å². The highest BCUT2D eigenvalue weighted by Crippen LogP contribution is 2.59. The van der Waals surface area contributed by atoms with Gasteiger partial charge in [0.05, 0.1) is 0 Å². The summed E-state index contributed by atoms with van der Waals surface area (Å²) in [6.45, 7) is 0. The molecular weight excluding hydrogens is 913 g/mol. The second-order valence-corrected chi connectivity index (χ2v) is 21.5. The molecule has 344 valence electrons. The van der Waals surface area contributed by atoms with Crippen LogP contribution < -0.4 is 0 Å². The molecule has 0 unspecified atom stereocenters. The third-order valence-corrected chi connectivity index (χ3v) is 18.2. The van der Waals surface area contributed by atoms with E-state index in [1.807, 2.05) is 0 Å². The molecule has 0 radical (unpaired) electrons. The van der Waals surface area contributed by atoms with Crippen molar-refractivity contribution in [2.75, 3.05) is 0 Å². The van der Waals surface area contributed by atoms with Crippen LogP contribution in [0.4, 0.5) is 0 Å². The van der Waals surface area contributed by atoms with E-state index in [0.29, 0.717) is 0 Å². The minimum atomic E-state index is 1.23.